The van der Waals surface area contributed by atoms with Crippen LogP contribution < -0.4 is 10.2 Å². The molecule has 1 unspecified atom stereocenters. The van der Waals surface area contributed by atoms with Crippen LogP contribution in [0.3, 0.4) is 0 Å². The maximum Gasteiger partial charge on any atom is 0.306 e. The van der Waals surface area contributed by atoms with Gasteiger partial charge in [-0.15, -0.1) is 0 Å². The number of amides is 2. The number of carbonyl (C=O) groups is 3. The van der Waals surface area contributed by atoms with Gasteiger partial charge in [0.2, 0.25) is 11.8 Å². The van der Waals surface area contributed by atoms with E-state index in [-0.39, 0.29) is 36.1 Å². The average molecular weight is 358 g/mol. The van der Waals surface area contributed by atoms with Crippen molar-refractivity contribution in [3.05, 3.63) is 29.8 Å². The van der Waals surface area contributed by atoms with Gasteiger partial charge in [0.05, 0.1) is 11.8 Å². The molecule has 1 aliphatic heterocycles. The fraction of sp³-hybridized carbons (Fsp3) is 0.550. The molecule has 0 aromatic heterocycles. The number of nitrogens with one attached hydrogen (secondary N) is 1. The lowest BCUT2D eigenvalue weighted by Crippen LogP contribution is -2.42. The minimum absolute atomic E-state index is 0.0195. The third-order valence-electron chi connectivity index (χ3n) is 5.57. The first-order chi connectivity index (χ1) is 12.5. The molecule has 2 amide bonds. The topological polar surface area (TPSA) is 86.7 Å². The average Bonchev–Trinajstić information content (AvgIpc) is 3.04. The summed E-state index contributed by atoms with van der Waals surface area (Å²) in [5, 5.41) is 12.1. The second-order valence-electron chi connectivity index (χ2n) is 7.32. The molecule has 0 spiro atoms. The standard InChI is InChI=1S/C20H26N2O4/c1-2-13-3-9-17(10-4-13)22-12-15(11-18(22)23)19(24)21-16-7-5-14(6-8-16)20(25)26/h3-4,9-10,14-16H,2,5-8,11-12H2,1H3,(H,21,24)(H,25,26). The number of aliphatic carboxylic acids is 1. The van der Waals surface area contributed by atoms with Crippen molar-refractivity contribution in [2.75, 3.05) is 11.4 Å². The maximum absolute atomic E-state index is 12.5. The molecule has 1 aliphatic carbocycles. The predicted molar refractivity (Wildman–Crippen MR) is 97.8 cm³/mol. The van der Waals surface area contributed by atoms with E-state index in [9.17, 15) is 14.4 Å². The van der Waals surface area contributed by atoms with E-state index in [0.29, 0.717) is 32.2 Å². The molecule has 0 radical (unpaired) electrons. The highest BCUT2D eigenvalue weighted by molar-refractivity contribution is 6.00. The molecule has 1 atom stereocenters. The molecule has 1 aromatic carbocycles. The number of anilines is 1. The molecule has 6 heteroatoms. The van der Waals surface area contributed by atoms with Crippen LogP contribution in [-0.2, 0) is 20.8 Å². The van der Waals surface area contributed by atoms with Gasteiger partial charge in [0.15, 0.2) is 0 Å². The summed E-state index contributed by atoms with van der Waals surface area (Å²) in [5.41, 5.74) is 2.05. The van der Waals surface area contributed by atoms with E-state index in [4.69, 9.17) is 5.11 Å². The molecule has 140 valence electrons. The Balaban J connectivity index is 1.54. The Hall–Kier alpha value is -2.37. The molecule has 1 saturated heterocycles. The number of nitrogens with zero attached hydrogens (tertiary/aromatic N) is 1. The molecule has 2 aliphatic rings. The van der Waals surface area contributed by atoms with Gasteiger partial charge in [0, 0.05) is 24.7 Å². The first-order valence-electron chi connectivity index (χ1n) is 9.40. The van der Waals surface area contributed by atoms with Gasteiger partial charge < -0.3 is 15.3 Å². The summed E-state index contributed by atoms with van der Waals surface area (Å²) in [4.78, 5) is 37.6. The van der Waals surface area contributed by atoms with Crippen LogP contribution in [0.2, 0.25) is 0 Å². The fourth-order valence-corrected chi connectivity index (χ4v) is 3.85. The van der Waals surface area contributed by atoms with E-state index in [0.717, 1.165) is 12.1 Å². The predicted octanol–water partition coefficient (Wildman–Crippen LogP) is 2.36. The van der Waals surface area contributed by atoms with E-state index in [1.807, 2.05) is 24.3 Å². The molecule has 2 N–H and O–H groups in total. The van der Waals surface area contributed by atoms with E-state index in [1.165, 1.54) is 5.56 Å². The first-order valence-corrected chi connectivity index (χ1v) is 9.40. The summed E-state index contributed by atoms with van der Waals surface area (Å²) < 4.78 is 0. The quantitative estimate of drug-likeness (QED) is 0.846. The lowest BCUT2D eigenvalue weighted by Gasteiger charge is -2.27. The summed E-state index contributed by atoms with van der Waals surface area (Å²) in [6.45, 7) is 2.49. The Morgan fingerprint density at radius 1 is 1.12 bits per heavy atom. The lowest BCUT2D eigenvalue weighted by molar-refractivity contribution is -0.142. The van der Waals surface area contributed by atoms with Crippen LogP contribution in [0, 0.1) is 11.8 Å². The highest BCUT2D eigenvalue weighted by atomic mass is 16.4. The molecule has 2 fully saturated rings. The van der Waals surface area contributed by atoms with E-state index >= 15 is 0 Å². The van der Waals surface area contributed by atoms with Gasteiger partial charge in [-0.2, -0.15) is 0 Å². The Labute approximate surface area is 153 Å². The van der Waals surface area contributed by atoms with Gasteiger partial charge in [-0.3, -0.25) is 14.4 Å². The number of aryl methyl sites for hydroxylation is 1. The molecule has 1 saturated carbocycles. The number of hydrogen-bond acceptors (Lipinski definition) is 3. The molecule has 1 aromatic rings. The third-order valence-corrected chi connectivity index (χ3v) is 5.57. The Morgan fingerprint density at radius 3 is 2.35 bits per heavy atom. The second-order valence-corrected chi connectivity index (χ2v) is 7.32. The third kappa shape index (κ3) is 4.06. The molecule has 26 heavy (non-hydrogen) atoms. The fourth-order valence-electron chi connectivity index (χ4n) is 3.85. The van der Waals surface area contributed by atoms with Crippen molar-refractivity contribution in [1.29, 1.82) is 0 Å². The second kappa shape index (κ2) is 7.89. The van der Waals surface area contributed by atoms with Crippen molar-refractivity contribution >= 4 is 23.5 Å². The number of hydrogen-bond donors (Lipinski definition) is 2. The van der Waals surface area contributed by atoms with Crippen molar-refractivity contribution in [3.63, 3.8) is 0 Å². The van der Waals surface area contributed by atoms with Crippen molar-refractivity contribution in [3.8, 4) is 0 Å². The highest BCUT2D eigenvalue weighted by Crippen LogP contribution is 2.28. The van der Waals surface area contributed by atoms with Crippen LogP contribution in [0.1, 0.15) is 44.6 Å². The first kappa shape index (κ1) is 18.4. The lowest BCUT2D eigenvalue weighted by atomic mass is 9.86. The van der Waals surface area contributed by atoms with Crippen molar-refractivity contribution in [2.24, 2.45) is 11.8 Å². The van der Waals surface area contributed by atoms with Crippen LogP contribution in [0.4, 0.5) is 5.69 Å². The summed E-state index contributed by atoms with van der Waals surface area (Å²) >= 11 is 0. The number of carboxylic acid groups (broad SMARTS) is 1. The minimum atomic E-state index is -0.749. The number of carboxylic acids is 1. The maximum atomic E-state index is 12.5. The largest absolute Gasteiger partial charge is 0.481 e. The van der Waals surface area contributed by atoms with Crippen LogP contribution in [0.15, 0.2) is 24.3 Å². The molecule has 6 nitrogen and oxygen atoms in total. The van der Waals surface area contributed by atoms with Gasteiger partial charge >= 0.3 is 5.97 Å². The smallest absolute Gasteiger partial charge is 0.306 e. The van der Waals surface area contributed by atoms with E-state index in [1.54, 1.807) is 4.90 Å². The van der Waals surface area contributed by atoms with Gasteiger partial charge in [-0.05, 0) is 49.8 Å². The van der Waals surface area contributed by atoms with Crippen LogP contribution in [0.25, 0.3) is 0 Å². The molecule has 0 bridgehead atoms. The van der Waals surface area contributed by atoms with Gasteiger partial charge in [0.1, 0.15) is 0 Å². The minimum Gasteiger partial charge on any atom is -0.481 e. The summed E-state index contributed by atoms with van der Waals surface area (Å²) in [5.74, 6) is -1.50. The van der Waals surface area contributed by atoms with Gasteiger partial charge in [-0.1, -0.05) is 19.1 Å². The zero-order chi connectivity index (χ0) is 18.7. The number of carbonyl (C=O) groups excluding carboxylic acids is 2. The molecular weight excluding hydrogens is 332 g/mol. The summed E-state index contributed by atoms with van der Waals surface area (Å²) in [7, 11) is 0. The normalized spacial score (nSPS) is 26.0. The monoisotopic (exact) mass is 358 g/mol. The van der Waals surface area contributed by atoms with E-state index < -0.39 is 5.97 Å². The SMILES string of the molecule is CCc1ccc(N2CC(C(=O)NC3CCC(C(=O)O)CC3)CC2=O)cc1. The van der Waals surface area contributed by atoms with Crippen molar-refractivity contribution in [2.45, 2.75) is 51.5 Å². The Morgan fingerprint density at radius 2 is 1.77 bits per heavy atom. The zero-order valence-electron chi connectivity index (χ0n) is 15.1. The number of rotatable bonds is 5. The van der Waals surface area contributed by atoms with Crippen LogP contribution >= 0.6 is 0 Å². The molecular formula is C20H26N2O4. The zero-order valence-corrected chi connectivity index (χ0v) is 15.1. The van der Waals surface area contributed by atoms with E-state index in [2.05, 4.69) is 12.2 Å². The Kier molecular flexibility index (Phi) is 5.59. The van der Waals surface area contributed by atoms with Gasteiger partial charge in [0.25, 0.3) is 0 Å². The number of benzene rings is 1. The molecule has 3 rings (SSSR count). The highest BCUT2D eigenvalue weighted by Gasteiger charge is 2.36. The summed E-state index contributed by atoms with van der Waals surface area (Å²) in [6.07, 6.45) is 3.74. The summed E-state index contributed by atoms with van der Waals surface area (Å²) in [6, 6.07) is 7.91. The van der Waals surface area contributed by atoms with Crippen molar-refractivity contribution in [1.82, 2.24) is 5.32 Å². The van der Waals surface area contributed by atoms with Crippen LogP contribution in [0.5, 0.6) is 0 Å². The Bertz CT molecular complexity index is 678. The van der Waals surface area contributed by atoms with Crippen LogP contribution in [-0.4, -0.2) is 35.5 Å². The molecule has 1 heterocycles. The van der Waals surface area contributed by atoms with Crippen molar-refractivity contribution < 1.29 is 19.5 Å². The van der Waals surface area contributed by atoms with Gasteiger partial charge in [-0.25, -0.2) is 0 Å².